The minimum Gasteiger partial charge on any atom is -0.385 e. The first-order chi connectivity index (χ1) is 6.13. The van der Waals surface area contributed by atoms with Crippen molar-refractivity contribution < 1.29 is 4.74 Å². The fourth-order valence-corrected chi connectivity index (χ4v) is 1.81. The van der Waals surface area contributed by atoms with Gasteiger partial charge in [-0.15, -0.1) is 0 Å². The number of nitrogens with one attached hydrogen (secondary N) is 1. The molecule has 1 N–H and O–H groups in total. The van der Waals surface area contributed by atoms with E-state index in [4.69, 9.17) is 4.74 Å². The standard InChI is InChI=1S/C11H25NO/c1-6-12-11(9(2)3)10(4)7-8-13-5/h9-12H,6-8H2,1-5H3. The molecule has 80 valence electrons. The summed E-state index contributed by atoms with van der Waals surface area (Å²) < 4.78 is 5.09. The van der Waals surface area contributed by atoms with Crippen LogP contribution in [0.4, 0.5) is 0 Å². The first-order valence-electron chi connectivity index (χ1n) is 5.35. The molecule has 0 aliphatic heterocycles. The van der Waals surface area contributed by atoms with Crippen LogP contribution < -0.4 is 5.32 Å². The second-order valence-electron chi connectivity index (χ2n) is 4.09. The maximum Gasteiger partial charge on any atom is 0.0465 e. The molecule has 0 amide bonds. The lowest BCUT2D eigenvalue weighted by molar-refractivity contribution is 0.162. The molecule has 0 heterocycles. The summed E-state index contributed by atoms with van der Waals surface area (Å²) in [4.78, 5) is 0. The summed E-state index contributed by atoms with van der Waals surface area (Å²) in [6.45, 7) is 10.9. The largest absolute Gasteiger partial charge is 0.385 e. The highest BCUT2D eigenvalue weighted by Crippen LogP contribution is 2.15. The average Bonchev–Trinajstić information content (AvgIpc) is 2.09. The van der Waals surface area contributed by atoms with Crippen LogP contribution >= 0.6 is 0 Å². The summed E-state index contributed by atoms with van der Waals surface area (Å²) in [6, 6.07) is 0.625. The normalized spacial score (nSPS) is 16.2. The molecule has 2 unspecified atom stereocenters. The van der Waals surface area contributed by atoms with Crippen molar-refractivity contribution in [1.29, 1.82) is 0 Å². The van der Waals surface area contributed by atoms with Gasteiger partial charge in [0.2, 0.25) is 0 Å². The molecule has 0 radical (unpaired) electrons. The average molecular weight is 187 g/mol. The Bertz CT molecular complexity index is 115. The SMILES string of the molecule is CCNC(C(C)C)C(C)CCOC. The molecule has 0 aliphatic rings. The second kappa shape index (κ2) is 7.34. The van der Waals surface area contributed by atoms with Crippen LogP contribution in [-0.4, -0.2) is 26.3 Å². The minimum absolute atomic E-state index is 0.625. The molecule has 0 spiro atoms. The van der Waals surface area contributed by atoms with Crippen molar-refractivity contribution in [1.82, 2.24) is 5.32 Å². The van der Waals surface area contributed by atoms with E-state index in [-0.39, 0.29) is 0 Å². The zero-order valence-electron chi connectivity index (χ0n) is 9.76. The molecule has 2 heteroatoms. The first kappa shape index (κ1) is 12.9. The molecule has 0 aromatic heterocycles. The Kier molecular flexibility index (Phi) is 7.29. The number of rotatable bonds is 7. The maximum atomic E-state index is 5.09. The molecule has 0 saturated heterocycles. The maximum absolute atomic E-state index is 5.09. The van der Waals surface area contributed by atoms with Crippen LogP contribution in [0.3, 0.4) is 0 Å². The van der Waals surface area contributed by atoms with Crippen molar-refractivity contribution in [2.75, 3.05) is 20.3 Å². The van der Waals surface area contributed by atoms with Gasteiger partial charge in [-0.2, -0.15) is 0 Å². The fraction of sp³-hybridized carbons (Fsp3) is 1.00. The van der Waals surface area contributed by atoms with Gasteiger partial charge >= 0.3 is 0 Å². The van der Waals surface area contributed by atoms with Gasteiger partial charge in [-0.1, -0.05) is 27.7 Å². The van der Waals surface area contributed by atoms with Gasteiger partial charge in [-0.25, -0.2) is 0 Å². The Hall–Kier alpha value is -0.0800. The van der Waals surface area contributed by atoms with E-state index in [9.17, 15) is 0 Å². The third-order valence-electron chi connectivity index (χ3n) is 2.55. The Morgan fingerprint density at radius 2 is 1.85 bits per heavy atom. The van der Waals surface area contributed by atoms with Crippen molar-refractivity contribution in [2.45, 2.75) is 40.2 Å². The second-order valence-corrected chi connectivity index (χ2v) is 4.09. The highest BCUT2D eigenvalue weighted by atomic mass is 16.5. The monoisotopic (exact) mass is 187 g/mol. The zero-order valence-corrected chi connectivity index (χ0v) is 9.76. The quantitative estimate of drug-likeness (QED) is 0.660. The van der Waals surface area contributed by atoms with Crippen molar-refractivity contribution in [2.24, 2.45) is 11.8 Å². The lowest BCUT2D eigenvalue weighted by atomic mass is 9.89. The molecule has 0 aromatic rings. The van der Waals surface area contributed by atoms with E-state index in [1.54, 1.807) is 7.11 Å². The number of hydrogen-bond acceptors (Lipinski definition) is 2. The molecule has 0 saturated carbocycles. The van der Waals surface area contributed by atoms with Gasteiger partial charge in [-0.3, -0.25) is 0 Å². The predicted octanol–water partition coefficient (Wildman–Crippen LogP) is 2.29. The van der Waals surface area contributed by atoms with Crippen molar-refractivity contribution in [3.8, 4) is 0 Å². The molecule has 0 rings (SSSR count). The Balaban J connectivity index is 3.87. The Morgan fingerprint density at radius 3 is 2.23 bits per heavy atom. The molecular weight excluding hydrogens is 162 g/mol. The fourth-order valence-electron chi connectivity index (χ4n) is 1.81. The Labute approximate surface area is 83.1 Å². The van der Waals surface area contributed by atoms with Crippen LogP contribution in [0.1, 0.15) is 34.1 Å². The van der Waals surface area contributed by atoms with Gasteiger partial charge in [0.05, 0.1) is 0 Å². The summed E-state index contributed by atoms with van der Waals surface area (Å²) >= 11 is 0. The van der Waals surface area contributed by atoms with Gasteiger partial charge < -0.3 is 10.1 Å². The molecule has 2 atom stereocenters. The van der Waals surface area contributed by atoms with E-state index < -0.39 is 0 Å². The van der Waals surface area contributed by atoms with E-state index in [1.807, 2.05) is 0 Å². The van der Waals surface area contributed by atoms with E-state index in [0.29, 0.717) is 17.9 Å². The van der Waals surface area contributed by atoms with Gasteiger partial charge in [0.1, 0.15) is 0 Å². The van der Waals surface area contributed by atoms with E-state index in [0.717, 1.165) is 19.6 Å². The third kappa shape index (κ3) is 5.27. The van der Waals surface area contributed by atoms with Crippen LogP contribution in [0.25, 0.3) is 0 Å². The van der Waals surface area contributed by atoms with E-state index in [1.165, 1.54) is 0 Å². The zero-order chi connectivity index (χ0) is 10.3. The molecule has 0 fully saturated rings. The molecule has 13 heavy (non-hydrogen) atoms. The third-order valence-corrected chi connectivity index (χ3v) is 2.55. The van der Waals surface area contributed by atoms with Crippen LogP contribution in [-0.2, 0) is 4.74 Å². The summed E-state index contributed by atoms with van der Waals surface area (Å²) in [5.74, 6) is 1.40. The van der Waals surface area contributed by atoms with Gasteiger partial charge in [0.25, 0.3) is 0 Å². The van der Waals surface area contributed by atoms with Crippen molar-refractivity contribution >= 4 is 0 Å². The smallest absolute Gasteiger partial charge is 0.0465 e. The molecule has 0 aliphatic carbocycles. The van der Waals surface area contributed by atoms with Crippen molar-refractivity contribution in [3.63, 3.8) is 0 Å². The summed E-state index contributed by atoms with van der Waals surface area (Å²) in [5, 5.41) is 3.54. The van der Waals surface area contributed by atoms with Crippen LogP contribution in [0.5, 0.6) is 0 Å². The van der Waals surface area contributed by atoms with Gasteiger partial charge in [0.15, 0.2) is 0 Å². The lowest BCUT2D eigenvalue weighted by Gasteiger charge is -2.28. The van der Waals surface area contributed by atoms with Crippen LogP contribution in [0.2, 0.25) is 0 Å². The highest BCUT2D eigenvalue weighted by Gasteiger charge is 2.18. The molecule has 0 aromatic carbocycles. The van der Waals surface area contributed by atoms with Crippen LogP contribution in [0.15, 0.2) is 0 Å². The number of hydrogen-bond donors (Lipinski definition) is 1. The minimum atomic E-state index is 0.625. The summed E-state index contributed by atoms with van der Waals surface area (Å²) in [5.41, 5.74) is 0. The summed E-state index contributed by atoms with van der Waals surface area (Å²) in [7, 11) is 1.77. The predicted molar refractivity (Wildman–Crippen MR) is 58.0 cm³/mol. The molecule has 0 bridgehead atoms. The lowest BCUT2D eigenvalue weighted by Crippen LogP contribution is -2.39. The number of methoxy groups -OCH3 is 1. The van der Waals surface area contributed by atoms with Crippen molar-refractivity contribution in [3.05, 3.63) is 0 Å². The number of ether oxygens (including phenoxy) is 1. The molecular formula is C11H25NO. The van der Waals surface area contributed by atoms with Gasteiger partial charge in [-0.05, 0) is 24.8 Å². The molecule has 2 nitrogen and oxygen atoms in total. The Morgan fingerprint density at radius 1 is 1.23 bits per heavy atom. The highest BCUT2D eigenvalue weighted by molar-refractivity contribution is 4.75. The van der Waals surface area contributed by atoms with E-state index in [2.05, 4.69) is 33.0 Å². The summed E-state index contributed by atoms with van der Waals surface area (Å²) in [6.07, 6.45) is 1.15. The van der Waals surface area contributed by atoms with Gasteiger partial charge in [0, 0.05) is 19.8 Å². The first-order valence-corrected chi connectivity index (χ1v) is 5.35. The van der Waals surface area contributed by atoms with Crippen LogP contribution in [0, 0.1) is 11.8 Å². The topological polar surface area (TPSA) is 21.3 Å². The van der Waals surface area contributed by atoms with E-state index >= 15 is 0 Å².